The molecule has 0 bridgehead atoms. The third kappa shape index (κ3) is 6.46. The molecule has 0 radical (unpaired) electrons. The number of benzene rings is 2. The van der Waals surface area contributed by atoms with Gasteiger partial charge in [-0.25, -0.2) is 0 Å². The Hall–Kier alpha value is -5.06. The molecule has 0 atom stereocenters. The van der Waals surface area contributed by atoms with E-state index >= 15 is 0 Å². The second kappa shape index (κ2) is 13.1. The smallest absolute Gasteiger partial charge is 0.254 e. The summed E-state index contributed by atoms with van der Waals surface area (Å²) in [5.41, 5.74) is 2.05. The van der Waals surface area contributed by atoms with Crippen LogP contribution < -0.4 is 19.1 Å². The van der Waals surface area contributed by atoms with Gasteiger partial charge in [0.05, 0.1) is 39.8 Å². The molecular formula is C31H33N5O6. The number of furan rings is 1. The predicted octanol–water partition coefficient (Wildman–Crippen LogP) is 3.75. The highest BCUT2D eigenvalue weighted by Crippen LogP contribution is 2.31. The number of hydrogen-bond donors (Lipinski definition) is 0. The predicted molar refractivity (Wildman–Crippen MR) is 156 cm³/mol. The lowest BCUT2D eigenvalue weighted by Crippen LogP contribution is -2.52. The maximum Gasteiger partial charge on any atom is 0.254 e. The molecular weight excluding hydrogens is 538 g/mol. The number of amides is 2. The number of carbonyl (C=O) groups is 2. The van der Waals surface area contributed by atoms with Gasteiger partial charge in [-0.3, -0.25) is 9.59 Å². The Kier molecular flexibility index (Phi) is 8.86. The van der Waals surface area contributed by atoms with Gasteiger partial charge in [-0.15, -0.1) is 10.2 Å². The fraction of sp³-hybridized carbons (Fsp3) is 0.290. The van der Waals surface area contributed by atoms with E-state index in [2.05, 4.69) is 15.1 Å². The Labute approximate surface area is 244 Å². The van der Waals surface area contributed by atoms with Gasteiger partial charge in [0.15, 0.2) is 17.3 Å². The van der Waals surface area contributed by atoms with E-state index in [1.807, 2.05) is 30.3 Å². The minimum Gasteiger partial charge on any atom is -0.497 e. The van der Waals surface area contributed by atoms with Crippen molar-refractivity contribution in [3.8, 4) is 28.5 Å². The van der Waals surface area contributed by atoms with Gasteiger partial charge in [-0.1, -0.05) is 0 Å². The van der Waals surface area contributed by atoms with Crippen LogP contribution in [-0.2, 0) is 11.3 Å². The lowest BCUT2D eigenvalue weighted by Gasteiger charge is -2.36. The number of rotatable bonds is 10. The fourth-order valence-electron chi connectivity index (χ4n) is 4.80. The molecule has 42 heavy (non-hydrogen) atoms. The van der Waals surface area contributed by atoms with Gasteiger partial charge in [0.25, 0.3) is 5.91 Å². The monoisotopic (exact) mass is 571 g/mol. The van der Waals surface area contributed by atoms with Crippen molar-refractivity contribution in [3.63, 3.8) is 0 Å². The summed E-state index contributed by atoms with van der Waals surface area (Å²) >= 11 is 0. The summed E-state index contributed by atoms with van der Waals surface area (Å²) in [5, 5.41) is 8.85. The molecule has 11 heteroatoms. The second-order valence-corrected chi connectivity index (χ2v) is 9.68. The Balaban J connectivity index is 1.21. The highest BCUT2D eigenvalue weighted by molar-refractivity contribution is 5.96. The number of hydrogen-bond acceptors (Lipinski definition) is 9. The van der Waals surface area contributed by atoms with Crippen molar-refractivity contribution in [2.75, 3.05) is 59.0 Å². The Morgan fingerprint density at radius 2 is 1.62 bits per heavy atom. The zero-order valence-electron chi connectivity index (χ0n) is 23.9. The van der Waals surface area contributed by atoms with Crippen LogP contribution in [0.3, 0.4) is 0 Å². The first kappa shape index (κ1) is 28.5. The van der Waals surface area contributed by atoms with E-state index in [-0.39, 0.29) is 24.9 Å². The number of piperazine rings is 1. The number of ether oxygens (including phenoxy) is 3. The summed E-state index contributed by atoms with van der Waals surface area (Å²) < 4.78 is 21.4. The Bertz CT molecular complexity index is 1480. The zero-order valence-corrected chi connectivity index (χ0v) is 23.9. The molecule has 1 fully saturated rings. The molecule has 0 saturated carbocycles. The van der Waals surface area contributed by atoms with Gasteiger partial charge < -0.3 is 33.3 Å². The molecule has 0 unspecified atom stereocenters. The topological polar surface area (TPSA) is 110 Å². The molecule has 1 saturated heterocycles. The summed E-state index contributed by atoms with van der Waals surface area (Å²) in [4.78, 5) is 32.1. The van der Waals surface area contributed by atoms with Crippen LogP contribution in [-0.4, -0.2) is 85.9 Å². The van der Waals surface area contributed by atoms with Gasteiger partial charge in [-0.05, 0) is 66.7 Å². The third-order valence-corrected chi connectivity index (χ3v) is 7.16. The van der Waals surface area contributed by atoms with Crippen molar-refractivity contribution in [3.05, 3.63) is 84.3 Å². The van der Waals surface area contributed by atoms with Crippen LogP contribution in [0.15, 0.2) is 77.4 Å². The molecule has 4 aromatic rings. The van der Waals surface area contributed by atoms with Crippen molar-refractivity contribution in [2.24, 2.45) is 0 Å². The van der Waals surface area contributed by atoms with E-state index < -0.39 is 0 Å². The average Bonchev–Trinajstić information content (AvgIpc) is 3.57. The molecule has 0 spiro atoms. The largest absolute Gasteiger partial charge is 0.497 e. The van der Waals surface area contributed by atoms with E-state index in [4.69, 9.17) is 18.6 Å². The van der Waals surface area contributed by atoms with E-state index in [1.165, 1.54) is 4.90 Å². The molecule has 0 N–H and O–H groups in total. The van der Waals surface area contributed by atoms with Crippen LogP contribution >= 0.6 is 0 Å². The number of aromatic nitrogens is 2. The number of anilines is 1. The maximum atomic E-state index is 13.4. The Morgan fingerprint density at radius 3 is 2.24 bits per heavy atom. The van der Waals surface area contributed by atoms with Gasteiger partial charge in [0.2, 0.25) is 5.91 Å². The quantitative estimate of drug-likeness (QED) is 0.281. The molecule has 5 rings (SSSR count). The number of nitrogens with zero attached hydrogens (tertiary/aromatic N) is 5. The molecule has 0 aliphatic carbocycles. The van der Waals surface area contributed by atoms with Crippen molar-refractivity contribution in [2.45, 2.75) is 6.54 Å². The van der Waals surface area contributed by atoms with Crippen LogP contribution in [0.1, 0.15) is 16.1 Å². The van der Waals surface area contributed by atoms with E-state index in [9.17, 15) is 9.59 Å². The lowest BCUT2D eigenvalue weighted by atomic mass is 10.1. The first-order valence-electron chi connectivity index (χ1n) is 13.5. The van der Waals surface area contributed by atoms with E-state index in [0.717, 1.165) is 11.4 Å². The van der Waals surface area contributed by atoms with Gasteiger partial charge in [0, 0.05) is 37.3 Å². The highest BCUT2D eigenvalue weighted by atomic mass is 16.5. The maximum absolute atomic E-state index is 13.4. The zero-order chi connectivity index (χ0) is 29.5. The molecule has 1 aliphatic heterocycles. The van der Waals surface area contributed by atoms with E-state index in [1.54, 1.807) is 68.9 Å². The fourth-order valence-corrected chi connectivity index (χ4v) is 4.80. The minimum absolute atomic E-state index is 0.0641. The third-order valence-electron chi connectivity index (χ3n) is 7.16. The number of carbonyl (C=O) groups excluding carboxylic acids is 2. The molecule has 2 aromatic carbocycles. The van der Waals surface area contributed by atoms with Gasteiger partial charge in [0.1, 0.15) is 18.1 Å². The van der Waals surface area contributed by atoms with Crippen molar-refractivity contribution in [1.82, 2.24) is 20.0 Å². The van der Waals surface area contributed by atoms with Crippen LogP contribution in [0.2, 0.25) is 0 Å². The molecule has 3 heterocycles. The molecule has 218 valence electrons. The Morgan fingerprint density at radius 1 is 0.857 bits per heavy atom. The number of methoxy groups -OCH3 is 3. The van der Waals surface area contributed by atoms with Crippen LogP contribution in [0, 0.1) is 0 Å². The van der Waals surface area contributed by atoms with Crippen molar-refractivity contribution < 1.29 is 28.2 Å². The van der Waals surface area contributed by atoms with E-state index in [0.29, 0.717) is 60.4 Å². The normalized spacial score (nSPS) is 13.0. The molecule has 1 aliphatic rings. The van der Waals surface area contributed by atoms with Crippen molar-refractivity contribution in [1.29, 1.82) is 0 Å². The van der Waals surface area contributed by atoms with Crippen LogP contribution in [0.25, 0.3) is 11.3 Å². The first-order valence-corrected chi connectivity index (χ1v) is 13.5. The summed E-state index contributed by atoms with van der Waals surface area (Å²) in [6.07, 6.45) is 1.55. The molecule has 11 nitrogen and oxygen atoms in total. The summed E-state index contributed by atoms with van der Waals surface area (Å²) in [7, 11) is 4.76. The molecule has 2 amide bonds. The van der Waals surface area contributed by atoms with Crippen LogP contribution in [0.4, 0.5) is 5.82 Å². The summed E-state index contributed by atoms with van der Waals surface area (Å²) in [6, 6.07) is 19.8. The van der Waals surface area contributed by atoms with Gasteiger partial charge in [-0.2, -0.15) is 0 Å². The SMILES string of the molecule is COc1ccc(C(=O)N(CC(=O)N2CCN(c3ccc(-c4ccc(OC)c(OC)c4)nn3)CC2)Cc2ccco2)cc1. The summed E-state index contributed by atoms with van der Waals surface area (Å²) in [6.45, 7) is 2.32. The lowest BCUT2D eigenvalue weighted by molar-refractivity contribution is -0.132. The second-order valence-electron chi connectivity index (χ2n) is 9.68. The summed E-state index contributed by atoms with van der Waals surface area (Å²) in [5.74, 6) is 2.87. The molecule has 2 aromatic heterocycles. The van der Waals surface area contributed by atoms with Gasteiger partial charge >= 0.3 is 0 Å². The first-order chi connectivity index (χ1) is 20.5. The van der Waals surface area contributed by atoms with Crippen LogP contribution in [0.5, 0.6) is 17.2 Å². The average molecular weight is 572 g/mol. The standard InChI is InChI=1S/C31H33N5O6/c1-39-24-9-6-22(7-10-24)31(38)36(20-25-5-4-18-42-25)21-30(37)35-16-14-34(15-17-35)29-13-11-26(32-33-29)23-8-12-27(40-2)28(19-23)41-3/h4-13,18-19H,14-17,20-21H2,1-3H3. The minimum atomic E-state index is -0.258. The van der Waals surface area contributed by atoms with Crippen molar-refractivity contribution >= 4 is 17.6 Å². The highest BCUT2D eigenvalue weighted by Gasteiger charge is 2.27.